The summed E-state index contributed by atoms with van der Waals surface area (Å²) in [6, 6.07) is 11.9. The maximum Gasteiger partial charge on any atom is 0.203 e. The lowest BCUT2D eigenvalue weighted by molar-refractivity contribution is 0.352. The number of aromatic nitrogens is 4. The second kappa shape index (κ2) is 7.51. The number of anilines is 1. The molecule has 2 aromatic heterocycles. The standard InChI is InChI=1S/C20H18FN5O2/c1-27-16-8-4-6-14(17(16)28-2)12-23-18-20-25-24-19(26(20)10-9-22-18)13-5-3-7-15(21)11-13/h3-11H,12H2,1-2H3,(H,22,23). The van der Waals surface area contributed by atoms with Crippen molar-refractivity contribution in [2.45, 2.75) is 6.54 Å². The SMILES string of the molecule is COc1cccc(CNc2nccn3c(-c4cccc(F)c4)nnc23)c1OC. The lowest BCUT2D eigenvalue weighted by Gasteiger charge is -2.13. The summed E-state index contributed by atoms with van der Waals surface area (Å²) in [5.74, 6) is 2.09. The molecule has 142 valence electrons. The van der Waals surface area contributed by atoms with Crippen LogP contribution in [0.25, 0.3) is 17.0 Å². The zero-order valence-electron chi connectivity index (χ0n) is 15.4. The highest BCUT2D eigenvalue weighted by atomic mass is 19.1. The molecule has 0 unspecified atom stereocenters. The summed E-state index contributed by atoms with van der Waals surface area (Å²) in [5, 5.41) is 11.7. The molecule has 0 fully saturated rings. The van der Waals surface area contributed by atoms with Gasteiger partial charge < -0.3 is 14.8 Å². The molecule has 28 heavy (non-hydrogen) atoms. The van der Waals surface area contributed by atoms with Gasteiger partial charge in [-0.3, -0.25) is 4.40 Å². The molecule has 0 spiro atoms. The number of halogens is 1. The minimum atomic E-state index is -0.327. The number of nitrogens with one attached hydrogen (secondary N) is 1. The summed E-state index contributed by atoms with van der Waals surface area (Å²) in [7, 11) is 3.20. The molecule has 0 amide bonds. The Morgan fingerprint density at radius 3 is 2.71 bits per heavy atom. The van der Waals surface area contributed by atoms with Gasteiger partial charge in [-0.2, -0.15) is 0 Å². The molecule has 0 saturated heterocycles. The second-order valence-electron chi connectivity index (χ2n) is 6.01. The summed E-state index contributed by atoms with van der Waals surface area (Å²) >= 11 is 0. The highest BCUT2D eigenvalue weighted by molar-refractivity contribution is 5.68. The van der Waals surface area contributed by atoms with Crippen LogP contribution in [0.1, 0.15) is 5.56 Å². The third-order valence-electron chi connectivity index (χ3n) is 4.34. The Kier molecular flexibility index (Phi) is 4.76. The maximum absolute atomic E-state index is 13.6. The van der Waals surface area contributed by atoms with E-state index >= 15 is 0 Å². The Labute approximate surface area is 160 Å². The number of nitrogens with zero attached hydrogens (tertiary/aromatic N) is 4. The highest BCUT2D eigenvalue weighted by Crippen LogP contribution is 2.31. The Morgan fingerprint density at radius 1 is 1.07 bits per heavy atom. The number of methoxy groups -OCH3 is 2. The first-order valence-electron chi connectivity index (χ1n) is 8.60. The largest absolute Gasteiger partial charge is 0.493 e. The first-order chi connectivity index (χ1) is 13.7. The van der Waals surface area contributed by atoms with Gasteiger partial charge in [-0.1, -0.05) is 24.3 Å². The fourth-order valence-electron chi connectivity index (χ4n) is 3.05. The van der Waals surface area contributed by atoms with E-state index in [1.807, 2.05) is 18.2 Å². The van der Waals surface area contributed by atoms with Crippen LogP contribution in [0, 0.1) is 5.82 Å². The van der Waals surface area contributed by atoms with Gasteiger partial charge in [0.1, 0.15) is 5.82 Å². The molecular formula is C20H18FN5O2. The van der Waals surface area contributed by atoms with Gasteiger partial charge in [-0.25, -0.2) is 9.37 Å². The predicted octanol–water partition coefficient (Wildman–Crippen LogP) is 3.56. The molecule has 4 rings (SSSR count). The van der Waals surface area contributed by atoms with Crippen molar-refractivity contribution in [2.24, 2.45) is 0 Å². The van der Waals surface area contributed by atoms with Crippen LogP contribution in [0.2, 0.25) is 0 Å². The fraction of sp³-hybridized carbons (Fsp3) is 0.150. The quantitative estimate of drug-likeness (QED) is 0.552. The summed E-state index contributed by atoms with van der Waals surface area (Å²) < 4.78 is 26.1. The van der Waals surface area contributed by atoms with Crippen LogP contribution in [-0.2, 0) is 6.54 Å². The van der Waals surface area contributed by atoms with Gasteiger partial charge in [-0.15, -0.1) is 10.2 Å². The van der Waals surface area contributed by atoms with Gasteiger partial charge in [0, 0.05) is 30.1 Å². The van der Waals surface area contributed by atoms with Crippen molar-refractivity contribution in [1.29, 1.82) is 0 Å². The molecule has 4 aromatic rings. The number of hydrogen-bond donors (Lipinski definition) is 1. The third kappa shape index (κ3) is 3.20. The van der Waals surface area contributed by atoms with Crippen LogP contribution in [0.3, 0.4) is 0 Å². The maximum atomic E-state index is 13.6. The average Bonchev–Trinajstić information content (AvgIpc) is 3.16. The number of fused-ring (bicyclic) bond motifs is 1. The molecule has 0 aliphatic carbocycles. The number of rotatable bonds is 6. The van der Waals surface area contributed by atoms with Crippen LogP contribution < -0.4 is 14.8 Å². The topological polar surface area (TPSA) is 73.6 Å². The number of para-hydroxylation sites is 1. The fourth-order valence-corrected chi connectivity index (χ4v) is 3.05. The van der Waals surface area contributed by atoms with Crippen molar-refractivity contribution >= 4 is 11.5 Å². The molecule has 0 aliphatic rings. The minimum absolute atomic E-state index is 0.327. The van der Waals surface area contributed by atoms with E-state index in [2.05, 4.69) is 20.5 Å². The molecule has 0 saturated carbocycles. The number of hydrogen-bond acceptors (Lipinski definition) is 6. The van der Waals surface area contributed by atoms with E-state index < -0.39 is 0 Å². The van der Waals surface area contributed by atoms with Crippen molar-refractivity contribution in [3.63, 3.8) is 0 Å². The van der Waals surface area contributed by atoms with Crippen LogP contribution in [0.15, 0.2) is 54.9 Å². The zero-order chi connectivity index (χ0) is 19.5. The van der Waals surface area contributed by atoms with Crippen molar-refractivity contribution in [2.75, 3.05) is 19.5 Å². The Hall–Kier alpha value is -3.68. The van der Waals surface area contributed by atoms with E-state index in [0.717, 1.165) is 5.56 Å². The number of ether oxygens (including phenoxy) is 2. The Morgan fingerprint density at radius 2 is 1.93 bits per heavy atom. The molecule has 0 bridgehead atoms. The summed E-state index contributed by atoms with van der Waals surface area (Å²) in [5.41, 5.74) is 2.10. The minimum Gasteiger partial charge on any atom is -0.493 e. The molecule has 0 radical (unpaired) electrons. The Balaban J connectivity index is 1.66. The third-order valence-corrected chi connectivity index (χ3v) is 4.34. The van der Waals surface area contributed by atoms with Gasteiger partial charge in [0.15, 0.2) is 23.1 Å². The van der Waals surface area contributed by atoms with Crippen molar-refractivity contribution in [3.8, 4) is 22.9 Å². The normalized spacial score (nSPS) is 10.8. The van der Waals surface area contributed by atoms with Crippen molar-refractivity contribution < 1.29 is 13.9 Å². The molecule has 1 N–H and O–H groups in total. The molecule has 2 aromatic carbocycles. The van der Waals surface area contributed by atoms with E-state index in [-0.39, 0.29) is 5.82 Å². The van der Waals surface area contributed by atoms with Crippen LogP contribution in [0.4, 0.5) is 10.2 Å². The average molecular weight is 379 g/mol. The summed E-state index contributed by atoms with van der Waals surface area (Å²) in [6.07, 6.45) is 3.39. The smallest absolute Gasteiger partial charge is 0.203 e. The van der Waals surface area contributed by atoms with Crippen molar-refractivity contribution in [3.05, 3.63) is 66.2 Å². The molecular weight excluding hydrogens is 361 g/mol. The molecule has 0 aliphatic heterocycles. The Bertz CT molecular complexity index is 1130. The van der Waals surface area contributed by atoms with Crippen LogP contribution >= 0.6 is 0 Å². The second-order valence-corrected chi connectivity index (χ2v) is 6.01. The van der Waals surface area contributed by atoms with Crippen molar-refractivity contribution in [1.82, 2.24) is 19.6 Å². The summed E-state index contributed by atoms with van der Waals surface area (Å²) in [6.45, 7) is 0.454. The molecule has 2 heterocycles. The van der Waals surface area contributed by atoms with E-state index in [1.54, 1.807) is 43.1 Å². The summed E-state index contributed by atoms with van der Waals surface area (Å²) in [4.78, 5) is 4.36. The lowest BCUT2D eigenvalue weighted by Crippen LogP contribution is -2.06. The van der Waals surface area contributed by atoms with Crippen LogP contribution in [-0.4, -0.2) is 33.8 Å². The lowest BCUT2D eigenvalue weighted by atomic mass is 10.2. The number of benzene rings is 2. The zero-order valence-corrected chi connectivity index (χ0v) is 15.4. The van der Waals surface area contributed by atoms with Gasteiger partial charge in [0.05, 0.1) is 14.2 Å². The molecule has 7 nitrogen and oxygen atoms in total. The van der Waals surface area contributed by atoms with E-state index in [0.29, 0.717) is 40.9 Å². The van der Waals surface area contributed by atoms with Crippen LogP contribution in [0.5, 0.6) is 11.5 Å². The first kappa shape index (κ1) is 17.7. The first-order valence-corrected chi connectivity index (χ1v) is 8.60. The highest BCUT2D eigenvalue weighted by Gasteiger charge is 2.14. The van der Waals surface area contributed by atoms with Gasteiger partial charge >= 0.3 is 0 Å². The van der Waals surface area contributed by atoms with Gasteiger partial charge in [0.2, 0.25) is 5.65 Å². The van der Waals surface area contributed by atoms with E-state index in [9.17, 15) is 4.39 Å². The monoisotopic (exact) mass is 379 g/mol. The molecule has 8 heteroatoms. The molecule has 0 atom stereocenters. The predicted molar refractivity (Wildman–Crippen MR) is 103 cm³/mol. The van der Waals surface area contributed by atoms with Gasteiger partial charge in [-0.05, 0) is 18.2 Å². The van der Waals surface area contributed by atoms with E-state index in [4.69, 9.17) is 9.47 Å². The van der Waals surface area contributed by atoms with Gasteiger partial charge in [0.25, 0.3) is 0 Å². The van der Waals surface area contributed by atoms with E-state index in [1.165, 1.54) is 12.1 Å².